The molecule has 0 heterocycles. The molecule has 0 radical (unpaired) electrons. The van der Waals surface area contributed by atoms with Gasteiger partial charge in [-0.2, -0.15) is 0 Å². The van der Waals surface area contributed by atoms with E-state index in [1.807, 2.05) is 0 Å². The first kappa shape index (κ1) is 21.5. The standard InChI is InChI=1S/C12H21O10P/c1-7(10(13)17-4)20-23(16,21-8(2)11(14)18-5)22-9(3)12(15)19-6/h7-9H,1-6H3/t7-,8-,9+/m0/s1. The lowest BCUT2D eigenvalue weighted by Gasteiger charge is -2.24. The van der Waals surface area contributed by atoms with Crippen LogP contribution in [0.15, 0.2) is 0 Å². The van der Waals surface area contributed by atoms with Gasteiger partial charge in [-0.05, 0) is 20.8 Å². The Hall–Kier alpha value is -1.48. The van der Waals surface area contributed by atoms with Crippen molar-refractivity contribution in [2.75, 3.05) is 21.3 Å². The Kier molecular flexibility index (Phi) is 8.99. The van der Waals surface area contributed by atoms with Gasteiger partial charge in [0.2, 0.25) is 0 Å². The normalized spacial score (nSPS) is 15.2. The van der Waals surface area contributed by atoms with Crippen LogP contribution in [0.2, 0.25) is 0 Å². The van der Waals surface area contributed by atoms with Crippen molar-refractivity contribution in [2.45, 2.75) is 39.1 Å². The molecule has 0 rings (SSSR count). The minimum absolute atomic E-state index is 0.853. The highest BCUT2D eigenvalue weighted by molar-refractivity contribution is 7.48. The molecule has 23 heavy (non-hydrogen) atoms. The van der Waals surface area contributed by atoms with Gasteiger partial charge in [0.25, 0.3) is 0 Å². The van der Waals surface area contributed by atoms with Crippen LogP contribution in [0.25, 0.3) is 0 Å². The molecular formula is C12H21O10P. The van der Waals surface area contributed by atoms with Crippen LogP contribution in [-0.4, -0.2) is 57.5 Å². The first-order chi connectivity index (χ1) is 10.6. The van der Waals surface area contributed by atoms with E-state index in [0.29, 0.717) is 0 Å². The van der Waals surface area contributed by atoms with E-state index in [-0.39, 0.29) is 0 Å². The minimum atomic E-state index is -4.49. The summed E-state index contributed by atoms with van der Waals surface area (Å²) in [4.78, 5) is 34.1. The van der Waals surface area contributed by atoms with Crippen LogP contribution in [0, 0.1) is 0 Å². The van der Waals surface area contributed by atoms with Crippen LogP contribution in [0.3, 0.4) is 0 Å². The Morgan fingerprint density at radius 3 is 1.04 bits per heavy atom. The van der Waals surface area contributed by atoms with Crippen LogP contribution in [0.5, 0.6) is 0 Å². The number of esters is 3. The Morgan fingerprint density at radius 1 is 0.652 bits per heavy atom. The van der Waals surface area contributed by atoms with Crippen molar-refractivity contribution in [3.05, 3.63) is 0 Å². The number of carbonyl (C=O) groups is 3. The number of hydrogen-bond donors (Lipinski definition) is 0. The van der Waals surface area contributed by atoms with Crippen LogP contribution >= 0.6 is 7.82 Å². The van der Waals surface area contributed by atoms with Gasteiger partial charge < -0.3 is 14.2 Å². The molecule has 0 aliphatic carbocycles. The molecule has 0 N–H and O–H groups in total. The summed E-state index contributed by atoms with van der Waals surface area (Å²) in [6.45, 7) is 3.70. The van der Waals surface area contributed by atoms with Crippen molar-refractivity contribution in [2.24, 2.45) is 0 Å². The van der Waals surface area contributed by atoms with E-state index < -0.39 is 44.0 Å². The van der Waals surface area contributed by atoms with E-state index in [4.69, 9.17) is 13.6 Å². The average molecular weight is 356 g/mol. The van der Waals surface area contributed by atoms with Crippen molar-refractivity contribution in [3.8, 4) is 0 Å². The summed E-state index contributed by atoms with van der Waals surface area (Å²) in [5.74, 6) is -2.56. The molecule has 11 heteroatoms. The van der Waals surface area contributed by atoms with E-state index in [9.17, 15) is 18.9 Å². The van der Waals surface area contributed by atoms with Crippen LogP contribution in [0.4, 0.5) is 0 Å². The number of rotatable bonds is 9. The van der Waals surface area contributed by atoms with Gasteiger partial charge in [-0.1, -0.05) is 0 Å². The van der Waals surface area contributed by atoms with Crippen molar-refractivity contribution < 1.29 is 46.7 Å². The van der Waals surface area contributed by atoms with E-state index in [1.54, 1.807) is 0 Å². The fourth-order valence-electron chi connectivity index (χ4n) is 1.28. The molecule has 0 aliphatic rings. The van der Waals surface area contributed by atoms with Crippen molar-refractivity contribution in [3.63, 3.8) is 0 Å². The Labute approximate surface area is 133 Å². The van der Waals surface area contributed by atoms with Gasteiger partial charge in [0.1, 0.15) is 0 Å². The van der Waals surface area contributed by atoms with Gasteiger partial charge in [0, 0.05) is 0 Å². The first-order valence-corrected chi connectivity index (χ1v) is 7.95. The van der Waals surface area contributed by atoms with E-state index in [1.165, 1.54) is 20.8 Å². The molecule has 0 spiro atoms. The molecule has 0 saturated heterocycles. The topological polar surface area (TPSA) is 124 Å². The molecule has 0 aromatic rings. The smallest absolute Gasteiger partial charge is 0.467 e. The molecule has 0 aliphatic heterocycles. The maximum Gasteiger partial charge on any atom is 0.477 e. The SMILES string of the molecule is COC(=O)[C@H](C)OP(=O)(O[C@@H](C)C(=O)OC)O[C@H](C)C(=O)OC. The largest absolute Gasteiger partial charge is 0.477 e. The molecule has 3 atom stereocenters. The number of phosphoric acid groups is 1. The quantitative estimate of drug-likeness (QED) is 0.333. The van der Waals surface area contributed by atoms with Crippen molar-refractivity contribution in [1.29, 1.82) is 0 Å². The molecule has 0 saturated carbocycles. The summed E-state index contributed by atoms with van der Waals surface area (Å²) >= 11 is 0. The molecule has 0 bridgehead atoms. The highest BCUT2D eigenvalue weighted by Crippen LogP contribution is 2.53. The fourth-order valence-corrected chi connectivity index (χ4v) is 2.85. The third-order valence-electron chi connectivity index (χ3n) is 2.46. The lowest BCUT2D eigenvalue weighted by Crippen LogP contribution is -2.29. The van der Waals surface area contributed by atoms with Gasteiger partial charge in [0.15, 0.2) is 18.3 Å². The summed E-state index contributed by atoms with van der Waals surface area (Å²) in [5, 5.41) is 0. The maximum absolute atomic E-state index is 12.6. The number of hydrogen-bond acceptors (Lipinski definition) is 10. The second kappa shape index (κ2) is 9.61. The van der Waals surface area contributed by atoms with Gasteiger partial charge in [-0.3, -0.25) is 13.6 Å². The summed E-state index contributed by atoms with van der Waals surface area (Å²) < 4.78 is 40.7. The molecule has 0 unspecified atom stereocenters. The van der Waals surface area contributed by atoms with Crippen LogP contribution in [0.1, 0.15) is 20.8 Å². The lowest BCUT2D eigenvalue weighted by molar-refractivity contribution is -0.154. The summed E-state index contributed by atoms with van der Waals surface area (Å²) in [6, 6.07) is 0. The highest BCUT2D eigenvalue weighted by atomic mass is 31.2. The average Bonchev–Trinajstić information content (AvgIpc) is 2.51. The maximum atomic E-state index is 12.6. The predicted molar refractivity (Wildman–Crippen MR) is 75.3 cm³/mol. The van der Waals surface area contributed by atoms with Gasteiger partial charge in [0.05, 0.1) is 21.3 Å². The molecule has 0 fully saturated rings. The Balaban J connectivity index is 5.25. The van der Waals surface area contributed by atoms with Crippen LogP contribution < -0.4 is 0 Å². The Morgan fingerprint density at radius 2 is 0.870 bits per heavy atom. The van der Waals surface area contributed by atoms with E-state index in [2.05, 4.69) is 14.2 Å². The summed E-state index contributed by atoms with van der Waals surface area (Å²) in [6.07, 6.45) is -4.00. The predicted octanol–water partition coefficient (Wildman–Crippen LogP) is 0.829. The molecule has 0 aromatic heterocycles. The second-order valence-corrected chi connectivity index (χ2v) is 5.79. The van der Waals surface area contributed by atoms with Gasteiger partial charge in [-0.15, -0.1) is 0 Å². The zero-order valence-corrected chi connectivity index (χ0v) is 14.7. The zero-order valence-electron chi connectivity index (χ0n) is 13.8. The minimum Gasteiger partial charge on any atom is -0.467 e. The number of ether oxygens (including phenoxy) is 3. The van der Waals surface area contributed by atoms with Gasteiger partial charge in [-0.25, -0.2) is 18.9 Å². The Bertz CT molecular complexity index is 410. The number of methoxy groups -OCH3 is 3. The monoisotopic (exact) mass is 356 g/mol. The summed E-state index contributed by atoms with van der Waals surface area (Å²) in [5.41, 5.74) is 0. The molecule has 10 nitrogen and oxygen atoms in total. The van der Waals surface area contributed by atoms with Crippen molar-refractivity contribution >= 4 is 25.7 Å². The number of phosphoric ester groups is 1. The molecule has 0 aromatic carbocycles. The highest BCUT2D eigenvalue weighted by Gasteiger charge is 2.39. The third kappa shape index (κ3) is 7.08. The van der Waals surface area contributed by atoms with Crippen molar-refractivity contribution in [1.82, 2.24) is 0 Å². The second-order valence-electron chi connectivity index (χ2n) is 4.26. The van der Waals surface area contributed by atoms with E-state index >= 15 is 0 Å². The van der Waals surface area contributed by atoms with Crippen LogP contribution in [-0.2, 0) is 46.7 Å². The lowest BCUT2D eigenvalue weighted by atomic mass is 10.4. The zero-order chi connectivity index (χ0) is 18.2. The molecular weight excluding hydrogens is 335 g/mol. The van der Waals surface area contributed by atoms with E-state index in [0.717, 1.165) is 21.3 Å². The third-order valence-corrected chi connectivity index (χ3v) is 4.18. The van der Waals surface area contributed by atoms with Gasteiger partial charge >= 0.3 is 25.7 Å². The number of carbonyl (C=O) groups excluding carboxylic acids is 3. The first-order valence-electron chi connectivity index (χ1n) is 6.48. The molecule has 0 amide bonds. The summed E-state index contributed by atoms with van der Waals surface area (Å²) in [7, 11) is -1.19. The fraction of sp³-hybridized carbons (Fsp3) is 0.750. The molecule has 134 valence electrons.